The highest BCUT2D eigenvalue weighted by molar-refractivity contribution is 5.79. The van der Waals surface area contributed by atoms with E-state index in [4.69, 9.17) is 0 Å². The molecular weight excluding hydrogens is 288 g/mol. The van der Waals surface area contributed by atoms with Gasteiger partial charge in [-0.05, 0) is 49.5 Å². The maximum absolute atomic E-state index is 12.5. The van der Waals surface area contributed by atoms with Crippen molar-refractivity contribution in [1.29, 1.82) is 0 Å². The molecule has 4 atom stereocenters. The van der Waals surface area contributed by atoms with Gasteiger partial charge in [-0.1, -0.05) is 12.2 Å². The first-order chi connectivity index (χ1) is 11.3. The molecule has 1 aromatic heterocycles. The summed E-state index contributed by atoms with van der Waals surface area (Å²) in [6.45, 7) is 2.50. The Hall–Kier alpha value is -1.91. The summed E-state index contributed by atoms with van der Waals surface area (Å²) >= 11 is 0. The van der Waals surface area contributed by atoms with Crippen LogP contribution in [0.5, 0.6) is 0 Å². The average molecular weight is 312 g/mol. The predicted molar refractivity (Wildman–Crippen MR) is 88.8 cm³/mol. The molecule has 2 heterocycles. The van der Waals surface area contributed by atoms with Crippen molar-refractivity contribution >= 4 is 11.9 Å². The summed E-state index contributed by atoms with van der Waals surface area (Å²) in [6.07, 6.45) is 12.7. The molecule has 1 aromatic rings. The Morgan fingerprint density at radius 1 is 1.26 bits per heavy atom. The van der Waals surface area contributed by atoms with Crippen LogP contribution < -0.4 is 10.2 Å². The Balaban J connectivity index is 1.30. The van der Waals surface area contributed by atoms with E-state index in [-0.39, 0.29) is 11.8 Å². The van der Waals surface area contributed by atoms with E-state index in [1.165, 1.54) is 12.8 Å². The Morgan fingerprint density at radius 2 is 2.13 bits per heavy atom. The van der Waals surface area contributed by atoms with Crippen LogP contribution in [0.2, 0.25) is 0 Å². The summed E-state index contributed by atoms with van der Waals surface area (Å²) in [7, 11) is 0. The number of anilines is 1. The van der Waals surface area contributed by atoms with Crippen LogP contribution in [0, 0.1) is 23.7 Å². The van der Waals surface area contributed by atoms with E-state index in [0.29, 0.717) is 11.8 Å². The average Bonchev–Trinajstić information content (AvgIpc) is 3.23. The Kier molecular flexibility index (Phi) is 4.02. The highest BCUT2D eigenvalue weighted by Crippen LogP contribution is 2.43. The Morgan fingerprint density at radius 3 is 2.87 bits per heavy atom. The van der Waals surface area contributed by atoms with E-state index in [9.17, 15) is 4.79 Å². The van der Waals surface area contributed by atoms with Crippen LogP contribution in [0.25, 0.3) is 0 Å². The standard InChI is InChI=1S/C18H24N4O/c23-17(21-11-16-10-13-4-5-14(16)9-13)15-3-1-8-22(12-15)18-19-6-2-7-20-18/h2,4-7,13-16H,1,3,8-12H2,(H,21,23)/t13-,14-,15-,16+/m0/s1. The second kappa shape index (κ2) is 6.30. The van der Waals surface area contributed by atoms with Crippen molar-refractivity contribution in [1.82, 2.24) is 15.3 Å². The molecule has 2 aliphatic carbocycles. The molecule has 1 saturated carbocycles. The number of carbonyl (C=O) groups excluding carboxylic acids is 1. The summed E-state index contributed by atoms with van der Waals surface area (Å²) in [5, 5.41) is 3.21. The molecule has 4 rings (SSSR count). The SMILES string of the molecule is O=C(NC[C@H]1C[C@H]2C=C[C@H]1C2)[C@H]1CCCN(c2ncccn2)C1. The Labute approximate surface area is 137 Å². The number of nitrogens with zero attached hydrogens (tertiary/aromatic N) is 3. The molecule has 2 bridgehead atoms. The molecule has 3 aliphatic rings. The molecule has 0 unspecified atom stereocenters. The number of piperidine rings is 1. The van der Waals surface area contributed by atoms with Crippen LogP contribution in [0.1, 0.15) is 25.7 Å². The second-order valence-corrected chi connectivity index (χ2v) is 7.12. The van der Waals surface area contributed by atoms with Gasteiger partial charge in [0.2, 0.25) is 11.9 Å². The summed E-state index contributed by atoms with van der Waals surface area (Å²) in [5.74, 6) is 3.11. The lowest BCUT2D eigenvalue weighted by atomic mass is 9.92. The first-order valence-corrected chi connectivity index (χ1v) is 8.77. The van der Waals surface area contributed by atoms with Gasteiger partial charge in [-0.15, -0.1) is 0 Å². The van der Waals surface area contributed by atoms with E-state index < -0.39 is 0 Å². The van der Waals surface area contributed by atoms with Gasteiger partial charge in [-0.3, -0.25) is 4.79 Å². The number of aromatic nitrogens is 2. The summed E-state index contributed by atoms with van der Waals surface area (Å²) in [6, 6.07) is 1.82. The lowest BCUT2D eigenvalue weighted by molar-refractivity contribution is -0.125. The molecule has 5 nitrogen and oxygen atoms in total. The fourth-order valence-electron chi connectivity index (χ4n) is 4.33. The number of carbonyl (C=O) groups is 1. The van der Waals surface area contributed by atoms with Crippen molar-refractivity contribution in [2.75, 3.05) is 24.5 Å². The lowest BCUT2D eigenvalue weighted by Gasteiger charge is -2.32. The van der Waals surface area contributed by atoms with Gasteiger partial charge in [-0.25, -0.2) is 9.97 Å². The van der Waals surface area contributed by atoms with Gasteiger partial charge in [-0.2, -0.15) is 0 Å². The fraction of sp³-hybridized carbons (Fsp3) is 0.611. The maximum atomic E-state index is 12.5. The Bertz CT molecular complexity index is 588. The molecule has 1 saturated heterocycles. The first kappa shape index (κ1) is 14.7. The number of allylic oxidation sites excluding steroid dienone is 2. The lowest BCUT2D eigenvalue weighted by Crippen LogP contribution is -2.44. The molecule has 23 heavy (non-hydrogen) atoms. The van der Waals surface area contributed by atoms with Gasteiger partial charge in [0.05, 0.1) is 5.92 Å². The van der Waals surface area contributed by atoms with Crippen LogP contribution >= 0.6 is 0 Å². The monoisotopic (exact) mass is 312 g/mol. The number of rotatable bonds is 4. The minimum Gasteiger partial charge on any atom is -0.356 e. The smallest absolute Gasteiger partial charge is 0.225 e. The number of hydrogen-bond donors (Lipinski definition) is 1. The van der Waals surface area contributed by atoms with E-state index in [1.54, 1.807) is 12.4 Å². The van der Waals surface area contributed by atoms with E-state index in [0.717, 1.165) is 44.3 Å². The topological polar surface area (TPSA) is 58.1 Å². The minimum absolute atomic E-state index is 0.0571. The van der Waals surface area contributed by atoms with Gasteiger partial charge in [0.25, 0.3) is 0 Å². The zero-order valence-corrected chi connectivity index (χ0v) is 13.4. The molecule has 0 radical (unpaired) electrons. The number of amides is 1. The van der Waals surface area contributed by atoms with Crippen LogP contribution in [0.3, 0.4) is 0 Å². The molecule has 0 aromatic carbocycles. The van der Waals surface area contributed by atoms with Crippen molar-refractivity contribution in [3.05, 3.63) is 30.6 Å². The molecule has 5 heteroatoms. The highest BCUT2D eigenvalue weighted by Gasteiger charge is 2.36. The molecule has 1 N–H and O–H groups in total. The molecular formula is C18H24N4O. The van der Waals surface area contributed by atoms with Crippen molar-refractivity contribution < 1.29 is 4.79 Å². The number of hydrogen-bond acceptors (Lipinski definition) is 4. The first-order valence-electron chi connectivity index (χ1n) is 8.77. The van der Waals surface area contributed by atoms with Crippen molar-refractivity contribution in [3.8, 4) is 0 Å². The van der Waals surface area contributed by atoms with Crippen LogP contribution in [0.4, 0.5) is 5.95 Å². The molecule has 0 spiro atoms. The molecule has 122 valence electrons. The highest BCUT2D eigenvalue weighted by atomic mass is 16.1. The summed E-state index contributed by atoms with van der Waals surface area (Å²) in [5.41, 5.74) is 0. The van der Waals surface area contributed by atoms with Gasteiger partial charge >= 0.3 is 0 Å². The van der Waals surface area contributed by atoms with Crippen LogP contribution in [0.15, 0.2) is 30.6 Å². The quantitative estimate of drug-likeness (QED) is 0.864. The maximum Gasteiger partial charge on any atom is 0.225 e. The zero-order valence-electron chi connectivity index (χ0n) is 13.4. The third-order valence-corrected chi connectivity index (χ3v) is 5.58. The fourth-order valence-corrected chi connectivity index (χ4v) is 4.33. The van der Waals surface area contributed by atoms with E-state index in [1.807, 2.05) is 6.07 Å². The van der Waals surface area contributed by atoms with Gasteiger partial charge in [0.15, 0.2) is 0 Å². The predicted octanol–water partition coefficient (Wildman–Crippen LogP) is 2.02. The largest absolute Gasteiger partial charge is 0.356 e. The van der Waals surface area contributed by atoms with Crippen LogP contribution in [-0.4, -0.2) is 35.5 Å². The second-order valence-electron chi connectivity index (χ2n) is 7.12. The molecule has 1 amide bonds. The third kappa shape index (κ3) is 3.09. The van der Waals surface area contributed by atoms with Crippen molar-refractivity contribution in [3.63, 3.8) is 0 Å². The van der Waals surface area contributed by atoms with E-state index in [2.05, 4.69) is 32.3 Å². The number of fused-ring (bicyclic) bond motifs is 2. The van der Waals surface area contributed by atoms with Gasteiger partial charge in [0, 0.05) is 32.0 Å². The number of nitrogens with one attached hydrogen (secondary N) is 1. The van der Waals surface area contributed by atoms with Crippen LogP contribution in [-0.2, 0) is 4.79 Å². The van der Waals surface area contributed by atoms with E-state index >= 15 is 0 Å². The summed E-state index contributed by atoms with van der Waals surface area (Å²) < 4.78 is 0. The molecule has 1 aliphatic heterocycles. The van der Waals surface area contributed by atoms with Crippen molar-refractivity contribution in [2.24, 2.45) is 23.7 Å². The third-order valence-electron chi connectivity index (χ3n) is 5.58. The normalized spacial score (nSPS) is 32.3. The van der Waals surface area contributed by atoms with Gasteiger partial charge in [0.1, 0.15) is 0 Å². The van der Waals surface area contributed by atoms with Crippen molar-refractivity contribution in [2.45, 2.75) is 25.7 Å². The van der Waals surface area contributed by atoms with Gasteiger partial charge < -0.3 is 10.2 Å². The molecule has 2 fully saturated rings. The summed E-state index contributed by atoms with van der Waals surface area (Å²) in [4.78, 5) is 23.3. The minimum atomic E-state index is 0.0571. The zero-order chi connectivity index (χ0) is 15.6.